The summed E-state index contributed by atoms with van der Waals surface area (Å²) in [6, 6.07) is 0. The molecule has 3 aliphatic rings. The molecule has 3 aliphatic carbocycles. The van der Waals surface area contributed by atoms with Gasteiger partial charge in [0, 0.05) is 16.5 Å². The molecule has 0 aromatic rings. The Balaban J connectivity index is 1.97. The van der Waals surface area contributed by atoms with Gasteiger partial charge in [0.25, 0.3) is 0 Å². The number of hydrogen-bond acceptors (Lipinski definition) is 0. The summed E-state index contributed by atoms with van der Waals surface area (Å²) in [6.45, 7) is 23.8. The average Bonchev–Trinajstić information content (AvgIpc) is 3.41. The molecular weight excluding hydrogens is 408 g/mol. The van der Waals surface area contributed by atoms with E-state index in [1.165, 1.54) is 39.0 Å². The molecule has 0 saturated carbocycles. The molecular formula is C31H39Cl. The number of halogens is 1. The SMILES string of the molecule is C=CC=C1CC=C=C2C(=C(Cl)C3=C1C3C(=C)C)CCC(CC(=C)CC(C)(C)C)=CCC2C. The lowest BCUT2D eigenvalue weighted by Gasteiger charge is -2.24. The molecule has 0 bridgehead atoms. The molecule has 0 heterocycles. The molecule has 0 N–H and O–H groups in total. The minimum Gasteiger partial charge on any atom is -0.121 e. The molecule has 0 aliphatic heterocycles. The maximum Gasteiger partial charge on any atom is 0.0491 e. The van der Waals surface area contributed by atoms with Crippen LogP contribution in [0.1, 0.15) is 73.1 Å². The first kappa shape index (κ1) is 24.6. The van der Waals surface area contributed by atoms with Gasteiger partial charge in [-0.05, 0) is 85.2 Å². The van der Waals surface area contributed by atoms with Crippen LogP contribution in [0, 0.1) is 17.3 Å². The van der Waals surface area contributed by atoms with Crippen molar-refractivity contribution in [3.05, 3.63) is 99.4 Å². The molecule has 32 heavy (non-hydrogen) atoms. The van der Waals surface area contributed by atoms with Crippen LogP contribution in [-0.4, -0.2) is 0 Å². The standard InChI is InChI=1S/C31H39Cl/c1-9-11-24-12-10-13-25-22(5)14-15-23(18-21(4)19-31(6,7)8)16-17-26(25)30(32)29-27(20(2)3)28(24)29/h9-11,15,22,27H,1-2,4,12,14,16-19H2,3,5-8H3. The second kappa shape index (κ2) is 9.86. The summed E-state index contributed by atoms with van der Waals surface area (Å²) in [7, 11) is 0. The van der Waals surface area contributed by atoms with Gasteiger partial charge in [0.2, 0.25) is 0 Å². The Kier molecular flexibility index (Phi) is 7.59. The van der Waals surface area contributed by atoms with Crippen molar-refractivity contribution in [2.24, 2.45) is 17.3 Å². The van der Waals surface area contributed by atoms with Crippen molar-refractivity contribution in [2.75, 3.05) is 0 Å². The van der Waals surface area contributed by atoms with E-state index in [1.54, 1.807) is 0 Å². The monoisotopic (exact) mass is 446 g/mol. The zero-order chi connectivity index (χ0) is 23.6. The van der Waals surface area contributed by atoms with Gasteiger partial charge in [-0.2, -0.15) is 0 Å². The number of allylic oxidation sites excluding steroid dienone is 12. The fourth-order valence-electron chi connectivity index (χ4n) is 5.19. The fraction of sp³-hybridized carbons (Fsp3) is 0.452. The molecule has 3 rings (SSSR count). The second-order valence-corrected chi connectivity index (χ2v) is 11.3. The number of hydrogen-bond donors (Lipinski definition) is 0. The average molecular weight is 447 g/mol. The van der Waals surface area contributed by atoms with Crippen molar-refractivity contribution in [3.8, 4) is 0 Å². The Hall–Kier alpha value is -2.01. The van der Waals surface area contributed by atoms with E-state index < -0.39 is 0 Å². The molecule has 0 fully saturated rings. The topological polar surface area (TPSA) is 0 Å². The largest absolute Gasteiger partial charge is 0.121 e. The van der Waals surface area contributed by atoms with Gasteiger partial charge in [0.1, 0.15) is 0 Å². The smallest absolute Gasteiger partial charge is 0.0491 e. The highest BCUT2D eigenvalue weighted by atomic mass is 35.5. The first-order valence-electron chi connectivity index (χ1n) is 11.9. The zero-order valence-corrected chi connectivity index (χ0v) is 21.5. The van der Waals surface area contributed by atoms with Crippen LogP contribution in [0.3, 0.4) is 0 Å². The van der Waals surface area contributed by atoms with Crippen LogP contribution >= 0.6 is 11.6 Å². The van der Waals surface area contributed by atoms with E-state index in [9.17, 15) is 0 Å². The van der Waals surface area contributed by atoms with Crippen molar-refractivity contribution in [2.45, 2.75) is 73.1 Å². The summed E-state index contributed by atoms with van der Waals surface area (Å²) >= 11 is 7.18. The Morgan fingerprint density at radius 3 is 2.56 bits per heavy atom. The highest BCUT2D eigenvalue weighted by molar-refractivity contribution is 6.33. The Labute approximate surface area is 201 Å². The van der Waals surface area contributed by atoms with E-state index in [4.69, 9.17) is 11.6 Å². The van der Waals surface area contributed by atoms with Crippen LogP contribution in [0.4, 0.5) is 0 Å². The minimum atomic E-state index is 0.274. The maximum atomic E-state index is 7.18. The van der Waals surface area contributed by atoms with Gasteiger partial charge < -0.3 is 0 Å². The van der Waals surface area contributed by atoms with Crippen LogP contribution in [0.2, 0.25) is 0 Å². The fourth-order valence-corrected chi connectivity index (χ4v) is 5.60. The molecule has 170 valence electrons. The summed E-state index contributed by atoms with van der Waals surface area (Å²) in [6.07, 6.45) is 14.6. The summed E-state index contributed by atoms with van der Waals surface area (Å²) in [4.78, 5) is 0. The highest BCUT2D eigenvalue weighted by Gasteiger charge is 2.42. The Bertz CT molecular complexity index is 1020. The van der Waals surface area contributed by atoms with Crippen LogP contribution in [0.25, 0.3) is 0 Å². The van der Waals surface area contributed by atoms with E-state index in [1.807, 2.05) is 6.08 Å². The lowest BCUT2D eigenvalue weighted by Crippen LogP contribution is -2.09. The van der Waals surface area contributed by atoms with Gasteiger partial charge in [-0.1, -0.05) is 94.0 Å². The normalized spacial score (nSPS) is 24.9. The molecule has 0 aromatic carbocycles. The van der Waals surface area contributed by atoms with E-state index in [-0.39, 0.29) is 11.3 Å². The first-order valence-corrected chi connectivity index (χ1v) is 12.3. The molecule has 0 amide bonds. The van der Waals surface area contributed by atoms with E-state index in [0.717, 1.165) is 49.1 Å². The Morgan fingerprint density at radius 1 is 1.22 bits per heavy atom. The number of fused-ring (bicyclic) bond motifs is 1. The summed E-state index contributed by atoms with van der Waals surface area (Å²) in [5.41, 5.74) is 14.4. The molecule has 2 atom stereocenters. The van der Waals surface area contributed by atoms with Gasteiger partial charge in [-0.15, -0.1) is 5.73 Å². The van der Waals surface area contributed by atoms with Crippen molar-refractivity contribution in [1.82, 2.24) is 0 Å². The molecule has 0 aromatic heterocycles. The zero-order valence-electron chi connectivity index (χ0n) is 20.7. The molecule has 0 nitrogen and oxygen atoms in total. The van der Waals surface area contributed by atoms with Gasteiger partial charge in [-0.3, -0.25) is 0 Å². The highest BCUT2D eigenvalue weighted by Crippen LogP contribution is 2.56. The van der Waals surface area contributed by atoms with Crippen LogP contribution in [-0.2, 0) is 0 Å². The summed E-state index contributed by atoms with van der Waals surface area (Å²) in [5.74, 6) is 0.661. The van der Waals surface area contributed by atoms with E-state index in [2.05, 4.69) is 78.3 Å². The van der Waals surface area contributed by atoms with Crippen molar-refractivity contribution < 1.29 is 0 Å². The second-order valence-electron chi connectivity index (χ2n) is 11.0. The predicted octanol–water partition coefficient (Wildman–Crippen LogP) is 9.71. The van der Waals surface area contributed by atoms with E-state index >= 15 is 0 Å². The van der Waals surface area contributed by atoms with Gasteiger partial charge in [-0.25, -0.2) is 0 Å². The van der Waals surface area contributed by atoms with Gasteiger partial charge in [0.05, 0.1) is 0 Å². The summed E-state index contributed by atoms with van der Waals surface area (Å²) < 4.78 is 0. The quantitative estimate of drug-likeness (QED) is 0.291. The molecule has 0 saturated heterocycles. The third kappa shape index (κ3) is 5.67. The Morgan fingerprint density at radius 2 is 1.94 bits per heavy atom. The van der Waals surface area contributed by atoms with Crippen LogP contribution < -0.4 is 0 Å². The van der Waals surface area contributed by atoms with E-state index in [0.29, 0.717) is 5.92 Å². The van der Waals surface area contributed by atoms with Crippen molar-refractivity contribution >= 4 is 11.6 Å². The summed E-state index contributed by atoms with van der Waals surface area (Å²) in [5, 5.41) is 0.933. The molecule has 0 radical (unpaired) electrons. The number of rotatable bonds is 5. The third-order valence-electron chi connectivity index (χ3n) is 6.55. The molecule has 1 heteroatoms. The lowest BCUT2D eigenvalue weighted by molar-refractivity contribution is 0.406. The maximum absolute atomic E-state index is 7.18. The molecule has 0 spiro atoms. The van der Waals surface area contributed by atoms with Crippen LogP contribution in [0.5, 0.6) is 0 Å². The van der Waals surface area contributed by atoms with Gasteiger partial charge in [0.15, 0.2) is 0 Å². The van der Waals surface area contributed by atoms with Crippen LogP contribution in [0.15, 0.2) is 99.4 Å². The van der Waals surface area contributed by atoms with Crippen molar-refractivity contribution in [3.63, 3.8) is 0 Å². The van der Waals surface area contributed by atoms with Crippen molar-refractivity contribution in [1.29, 1.82) is 0 Å². The molecule has 2 unspecified atom stereocenters. The lowest BCUT2D eigenvalue weighted by atomic mass is 9.81. The first-order chi connectivity index (χ1) is 15.0. The van der Waals surface area contributed by atoms with Gasteiger partial charge >= 0.3 is 0 Å². The third-order valence-corrected chi connectivity index (χ3v) is 6.99. The predicted molar refractivity (Wildman–Crippen MR) is 142 cm³/mol. The minimum absolute atomic E-state index is 0.274.